The van der Waals surface area contributed by atoms with Gasteiger partial charge in [-0.1, -0.05) is 66.2 Å². The first-order valence-electron chi connectivity index (χ1n) is 18.4. The van der Waals surface area contributed by atoms with E-state index in [1.807, 2.05) is 27.7 Å². The highest BCUT2D eigenvalue weighted by atomic mass is 16.2. The second-order valence-corrected chi connectivity index (χ2v) is 15.6. The lowest BCUT2D eigenvalue weighted by Gasteiger charge is -2.37. The monoisotopic (exact) mass is 664 g/mol. The molecule has 0 aromatic carbocycles. The first-order chi connectivity index (χ1) is 22.9. The van der Waals surface area contributed by atoms with E-state index >= 15 is 0 Å². The predicted molar refractivity (Wildman–Crippen MR) is 182 cm³/mol. The fraction of sp³-hybridized carbons (Fsp3) is 0.737. The first-order valence-corrected chi connectivity index (χ1v) is 18.4. The highest BCUT2D eigenvalue weighted by molar-refractivity contribution is 6.38. The van der Waals surface area contributed by atoms with Gasteiger partial charge in [-0.05, 0) is 62.2 Å². The van der Waals surface area contributed by atoms with E-state index in [4.69, 9.17) is 0 Å². The van der Waals surface area contributed by atoms with Gasteiger partial charge in [-0.3, -0.25) is 33.8 Å². The molecule has 4 rings (SSSR count). The van der Waals surface area contributed by atoms with Crippen LogP contribution in [0.5, 0.6) is 0 Å². The Bertz CT molecular complexity index is 1300. The molecule has 1 aromatic heterocycles. The van der Waals surface area contributed by atoms with Gasteiger partial charge in [-0.25, -0.2) is 4.98 Å². The highest BCUT2D eigenvalue weighted by Crippen LogP contribution is 2.36. The topological polar surface area (TPSA) is 152 Å². The fourth-order valence-corrected chi connectivity index (χ4v) is 7.63. The third kappa shape index (κ3) is 10.6. The molecule has 3 aliphatic rings. The van der Waals surface area contributed by atoms with Crippen molar-refractivity contribution < 1.29 is 28.8 Å². The van der Waals surface area contributed by atoms with Gasteiger partial charge in [0.05, 0.1) is 12.2 Å². The quantitative estimate of drug-likeness (QED) is 0.199. The van der Waals surface area contributed by atoms with E-state index in [2.05, 4.69) is 20.6 Å². The molecule has 0 saturated heterocycles. The van der Waals surface area contributed by atoms with Gasteiger partial charge in [0.2, 0.25) is 11.7 Å². The van der Waals surface area contributed by atoms with Crippen LogP contribution in [0.3, 0.4) is 0 Å². The van der Waals surface area contributed by atoms with Gasteiger partial charge in [0.1, 0.15) is 11.5 Å². The number of carbonyl (C=O) groups excluding carboxylic acids is 6. The molecule has 0 spiro atoms. The first kappa shape index (κ1) is 37.5. The van der Waals surface area contributed by atoms with E-state index in [0.717, 1.165) is 57.8 Å². The number of hydrogen-bond donors (Lipinski definition) is 2. The molecule has 0 bridgehead atoms. The van der Waals surface area contributed by atoms with Crippen LogP contribution in [-0.2, 0) is 24.0 Å². The molecule has 1 aromatic rings. The molecule has 5 atom stereocenters. The van der Waals surface area contributed by atoms with Gasteiger partial charge in [0.15, 0.2) is 11.6 Å². The van der Waals surface area contributed by atoms with Crippen molar-refractivity contribution in [2.24, 2.45) is 35.0 Å². The second-order valence-electron chi connectivity index (χ2n) is 15.6. The summed E-state index contributed by atoms with van der Waals surface area (Å²) in [6, 6.07) is -1.14. The summed E-state index contributed by atoms with van der Waals surface area (Å²) in [7, 11) is 0. The maximum atomic E-state index is 14.1. The fourth-order valence-electron chi connectivity index (χ4n) is 7.63. The third-order valence-corrected chi connectivity index (χ3v) is 10.7. The van der Waals surface area contributed by atoms with Crippen molar-refractivity contribution >= 4 is 34.9 Å². The molecule has 0 aliphatic heterocycles. The van der Waals surface area contributed by atoms with Crippen molar-refractivity contribution in [1.82, 2.24) is 20.6 Å². The number of hydrogen-bond acceptors (Lipinski definition) is 8. The lowest BCUT2D eigenvalue weighted by molar-refractivity contribution is -0.141. The molecule has 2 amide bonds. The molecule has 264 valence electrons. The largest absolute Gasteiger partial charge is 0.352 e. The third-order valence-electron chi connectivity index (χ3n) is 10.7. The predicted octanol–water partition coefficient (Wildman–Crippen LogP) is 5.77. The summed E-state index contributed by atoms with van der Waals surface area (Å²) in [6.45, 7) is 7.75. The van der Waals surface area contributed by atoms with Crippen LogP contribution >= 0.6 is 0 Å². The van der Waals surface area contributed by atoms with Gasteiger partial charge in [-0.15, -0.1) is 0 Å². The van der Waals surface area contributed by atoms with Crippen molar-refractivity contribution in [3.63, 3.8) is 0 Å². The van der Waals surface area contributed by atoms with E-state index < -0.39 is 46.9 Å². The summed E-state index contributed by atoms with van der Waals surface area (Å²) < 4.78 is 0. The molecule has 3 aliphatic carbocycles. The Morgan fingerprint density at radius 2 is 1.56 bits per heavy atom. The Balaban J connectivity index is 1.45. The van der Waals surface area contributed by atoms with Crippen molar-refractivity contribution in [2.45, 2.75) is 143 Å². The minimum absolute atomic E-state index is 0.0224. The Morgan fingerprint density at radius 1 is 0.875 bits per heavy atom. The van der Waals surface area contributed by atoms with E-state index in [1.54, 1.807) is 0 Å². The van der Waals surface area contributed by atoms with E-state index in [1.165, 1.54) is 18.6 Å². The summed E-state index contributed by atoms with van der Waals surface area (Å²) in [6.07, 6.45) is 15.4. The van der Waals surface area contributed by atoms with E-state index in [9.17, 15) is 28.8 Å². The zero-order valence-corrected chi connectivity index (χ0v) is 29.4. The Labute approximate surface area is 285 Å². The average Bonchev–Trinajstić information content (AvgIpc) is 3.89. The smallest absolute Gasteiger partial charge is 0.272 e. The number of ketones is 4. The lowest BCUT2D eigenvalue weighted by atomic mass is 9.73. The summed E-state index contributed by atoms with van der Waals surface area (Å²) in [5, 5.41) is 6.11. The van der Waals surface area contributed by atoms with Crippen LogP contribution in [0.25, 0.3) is 0 Å². The van der Waals surface area contributed by atoms with Gasteiger partial charge in [0, 0.05) is 55.5 Å². The van der Waals surface area contributed by atoms with Crippen LogP contribution in [0.1, 0.15) is 141 Å². The van der Waals surface area contributed by atoms with Gasteiger partial charge in [0.25, 0.3) is 5.91 Å². The maximum absolute atomic E-state index is 14.1. The standard InChI is InChI=1S/C38H56N4O6/c1-5-11-26(35(46)33(45)20-24-16-17-24)21-31(43)27-14-9-10-15-29(27)41-36(47)28(38(2,3)4)22-32(44)34(25-12-7-6-8-13-25)42-37(48)30-23-39-18-19-40-30/h18-19,23-29,34H,5-17,20-22H2,1-4H3,(H,41,47)(H,42,48)/t26?,27-,28-,29+,34+/m1/s1. The van der Waals surface area contributed by atoms with Gasteiger partial charge in [-0.2, -0.15) is 0 Å². The van der Waals surface area contributed by atoms with Crippen LogP contribution in [0.4, 0.5) is 0 Å². The van der Waals surface area contributed by atoms with E-state index in [0.29, 0.717) is 31.6 Å². The van der Waals surface area contributed by atoms with Crippen LogP contribution in [-0.4, -0.2) is 57.0 Å². The molecular formula is C38H56N4O6. The molecule has 10 heteroatoms. The normalized spacial score (nSPS) is 22.2. The molecule has 1 heterocycles. The molecule has 1 unspecified atom stereocenters. The Kier molecular flexibility index (Phi) is 13.6. The number of amides is 2. The molecule has 48 heavy (non-hydrogen) atoms. The van der Waals surface area contributed by atoms with E-state index in [-0.39, 0.29) is 54.1 Å². The number of aromatic nitrogens is 2. The van der Waals surface area contributed by atoms with Crippen molar-refractivity contribution in [3.05, 3.63) is 24.3 Å². The van der Waals surface area contributed by atoms with Crippen LogP contribution in [0, 0.1) is 35.0 Å². The van der Waals surface area contributed by atoms with Gasteiger partial charge >= 0.3 is 0 Å². The zero-order chi connectivity index (χ0) is 34.8. The number of Topliss-reactive ketones (excluding diaryl/α,β-unsaturated/α-hetero) is 4. The van der Waals surface area contributed by atoms with Crippen LogP contribution < -0.4 is 10.6 Å². The maximum Gasteiger partial charge on any atom is 0.272 e. The number of carbonyl (C=O) groups is 6. The Hall–Kier alpha value is -3.30. The molecule has 3 fully saturated rings. The number of nitrogens with one attached hydrogen (secondary N) is 2. The molecular weight excluding hydrogens is 608 g/mol. The minimum Gasteiger partial charge on any atom is -0.352 e. The molecule has 0 radical (unpaired) electrons. The second kappa shape index (κ2) is 17.4. The number of rotatable bonds is 17. The summed E-state index contributed by atoms with van der Waals surface area (Å²) in [5.41, 5.74) is -0.431. The summed E-state index contributed by atoms with van der Waals surface area (Å²) >= 11 is 0. The van der Waals surface area contributed by atoms with Crippen LogP contribution in [0.2, 0.25) is 0 Å². The molecule has 2 N–H and O–H groups in total. The SMILES string of the molecule is CCCC(CC(=O)[C@@H]1CCCC[C@@H]1NC(=O)[C@@H](CC(=O)[C@@H](NC(=O)c1cnccn1)C1CCCCC1)C(C)(C)C)C(=O)C(=O)CC1CC1. The summed E-state index contributed by atoms with van der Waals surface area (Å²) in [4.78, 5) is 88.8. The lowest BCUT2D eigenvalue weighted by Crippen LogP contribution is -2.52. The molecule has 3 saturated carbocycles. The summed E-state index contributed by atoms with van der Waals surface area (Å²) in [5.74, 6) is -3.19. The van der Waals surface area contributed by atoms with Crippen molar-refractivity contribution in [3.8, 4) is 0 Å². The zero-order valence-electron chi connectivity index (χ0n) is 29.4. The van der Waals surface area contributed by atoms with Crippen molar-refractivity contribution in [2.75, 3.05) is 0 Å². The van der Waals surface area contributed by atoms with Crippen molar-refractivity contribution in [1.29, 1.82) is 0 Å². The average molecular weight is 665 g/mol. The van der Waals surface area contributed by atoms with Gasteiger partial charge < -0.3 is 10.6 Å². The van der Waals surface area contributed by atoms with Crippen LogP contribution in [0.15, 0.2) is 18.6 Å². The Morgan fingerprint density at radius 3 is 2.19 bits per heavy atom. The number of nitrogens with zero attached hydrogens (tertiary/aromatic N) is 2. The highest BCUT2D eigenvalue weighted by Gasteiger charge is 2.41. The minimum atomic E-state index is -0.739. The molecule has 10 nitrogen and oxygen atoms in total.